The van der Waals surface area contributed by atoms with E-state index in [0.717, 1.165) is 17.3 Å². The highest BCUT2D eigenvalue weighted by Crippen LogP contribution is 2.32. The lowest BCUT2D eigenvalue weighted by atomic mass is 9.99. The van der Waals surface area contributed by atoms with E-state index in [1.807, 2.05) is 19.9 Å². The Kier molecular flexibility index (Phi) is 5.22. The van der Waals surface area contributed by atoms with Crippen LogP contribution in [-0.2, 0) is 0 Å². The number of hydrogen-bond donors (Lipinski definition) is 1. The van der Waals surface area contributed by atoms with Gasteiger partial charge < -0.3 is 9.73 Å². The summed E-state index contributed by atoms with van der Waals surface area (Å²) in [7, 11) is 0. The fourth-order valence-corrected chi connectivity index (χ4v) is 3.62. The van der Waals surface area contributed by atoms with Gasteiger partial charge in [-0.3, -0.25) is 9.78 Å². The minimum absolute atomic E-state index is 0.184. The number of anilines is 1. The third-order valence-corrected chi connectivity index (χ3v) is 5.11. The van der Waals surface area contributed by atoms with Gasteiger partial charge in [-0.25, -0.2) is 9.37 Å². The quantitative estimate of drug-likeness (QED) is 0.502. The zero-order valence-corrected chi connectivity index (χ0v) is 17.2. The van der Waals surface area contributed by atoms with Crippen molar-refractivity contribution < 1.29 is 8.81 Å². The molecule has 0 radical (unpaired) electrons. The third kappa shape index (κ3) is 3.76. The molecule has 0 saturated heterocycles. The first-order valence-corrected chi connectivity index (χ1v) is 9.69. The molecule has 0 aliphatic rings. The molecule has 1 aromatic carbocycles. The van der Waals surface area contributed by atoms with Crippen molar-refractivity contribution in [2.75, 3.05) is 5.32 Å². The largest absolute Gasteiger partial charge is 0.455 e. The fraction of sp³-hybridized carbons (Fsp3) is 0.167. The van der Waals surface area contributed by atoms with Crippen LogP contribution in [0.5, 0.6) is 0 Å². The van der Waals surface area contributed by atoms with Crippen LogP contribution in [0.15, 0.2) is 58.1 Å². The van der Waals surface area contributed by atoms with Crippen molar-refractivity contribution in [3.05, 3.63) is 87.3 Å². The first kappa shape index (κ1) is 20.2. The molecule has 3 heterocycles. The van der Waals surface area contributed by atoms with Crippen LogP contribution in [0.25, 0.3) is 22.3 Å². The Hall–Kier alpha value is -4.05. The zero-order chi connectivity index (χ0) is 22.1. The number of nitriles is 1. The van der Waals surface area contributed by atoms with Crippen LogP contribution in [0.3, 0.4) is 0 Å². The molecule has 154 valence electrons. The summed E-state index contributed by atoms with van der Waals surface area (Å²) >= 11 is 0. The molecular weight excluding hydrogens is 395 g/mol. The van der Waals surface area contributed by atoms with Gasteiger partial charge in [0.25, 0.3) is 0 Å². The van der Waals surface area contributed by atoms with E-state index < -0.39 is 5.82 Å². The fourth-order valence-electron chi connectivity index (χ4n) is 3.62. The topological polar surface area (TPSA) is 91.8 Å². The lowest BCUT2D eigenvalue weighted by Crippen LogP contribution is -2.13. The van der Waals surface area contributed by atoms with Crippen molar-refractivity contribution in [1.82, 2.24) is 9.97 Å². The molecule has 6 nitrogen and oxygen atoms in total. The molecular formula is C24H19FN4O2. The Balaban J connectivity index is 1.91. The first-order valence-electron chi connectivity index (χ1n) is 9.69. The van der Waals surface area contributed by atoms with Gasteiger partial charge in [-0.1, -0.05) is 6.07 Å². The maximum absolute atomic E-state index is 13.7. The molecule has 1 atom stereocenters. The average molecular weight is 414 g/mol. The molecule has 7 heteroatoms. The molecule has 1 unspecified atom stereocenters. The number of nitrogens with one attached hydrogen (secondary N) is 1. The van der Waals surface area contributed by atoms with E-state index in [1.165, 1.54) is 12.3 Å². The molecule has 0 fully saturated rings. The Morgan fingerprint density at radius 1 is 1.23 bits per heavy atom. The van der Waals surface area contributed by atoms with E-state index in [-0.39, 0.29) is 22.9 Å². The number of halogens is 1. The Labute approximate surface area is 178 Å². The van der Waals surface area contributed by atoms with Gasteiger partial charge in [0.05, 0.1) is 23.3 Å². The lowest BCUT2D eigenvalue weighted by Gasteiger charge is -2.19. The zero-order valence-electron chi connectivity index (χ0n) is 17.2. The first-order chi connectivity index (χ1) is 14.9. The van der Waals surface area contributed by atoms with E-state index in [4.69, 9.17) is 4.42 Å². The molecule has 0 saturated carbocycles. The highest BCUT2D eigenvalue weighted by atomic mass is 19.1. The molecule has 31 heavy (non-hydrogen) atoms. The highest BCUT2D eigenvalue weighted by molar-refractivity contribution is 5.84. The lowest BCUT2D eigenvalue weighted by molar-refractivity contribution is 0.598. The second kappa shape index (κ2) is 8.00. The normalized spacial score (nSPS) is 11.8. The van der Waals surface area contributed by atoms with Crippen LogP contribution in [0, 0.1) is 31.0 Å². The van der Waals surface area contributed by atoms with Crippen LogP contribution in [0.4, 0.5) is 10.1 Å². The van der Waals surface area contributed by atoms with E-state index in [9.17, 15) is 14.4 Å². The molecule has 4 aromatic rings. The Morgan fingerprint density at radius 3 is 2.77 bits per heavy atom. The van der Waals surface area contributed by atoms with E-state index in [0.29, 0.717) is 27.8 Å². The van der Waals surface area contributed by atoms with Gasteiger partial charge in [0, 0.05) is 29.1 Å². The highest BCUT2D eigenvalue weighted by Gasteiger charge is 2.20. The monoisotopic (exact) mass is 414 g/mol. The van der Waals surface area contributed by atoms with Gasteiger partial charge in [-0.2, -0.15) is 5.26 Å². The van der Waals surface area contributed by atoms with Crippen LogP contribution >= 0.6 is 0 Å². The molecule has 0 aliphatic carbocycles. The predicted octanol–water partition coefficient (Wildman–Crippen LogP) is 5.05. The summed E-state index contributed by atoms with van der Waals surface area (Å²) in [5, 5.41) is 13.0. The van der Waals surface area contributed by atoms with Crippen LogP contribution in [-0.4, -0.2) is 9.97 Å². The number of aryl methyl sites for hydroxylation is 1. The summed E-state index contributed by atoms with van der Waals surface area (Å²) in [5.74, 6) is -0.236. The minimum atomic E-state index is -0.514. The van der Waals surface area contributed by atoms with Gasteiger partial charge >= 0.3 is 0 Å². The predicted molar refractivity (Wildman–Crippen MR) is 116 cm³/mol. The van der Waals surface area contributed by atoms with Crippen LogP contribution in [0.2, 0.25) is 0 Å². The SMILES string of the molecule is Cc1cc(C(C)Nc2cccnc2C#N)c2oc(-c3cncc(F)c3)c(C)c(=O)c2c1. The maximum Gasteiger partial charge on any atom is 0.196 e. The number of aromatic nitrogens is 2. The van der Waals surface area contributed by atoms with E-state index >= 15 is 0 Å². The molecule has 0 amide bonds. The van der Waals surface area contributed by atoms with Crippen molar-refractivity contribution >= 4 is 16.7 Å². The van der Waals surface area contributed by atoms with Crippen LogP contribution in [0.1, 0.15) is 35.3 Å². The molecule has 0 spiro atoms. The molecule has 4 rings (SSSR count). The summed E-state index contributed by atoms with van der Waals surface area (Å²) in [5.41, 5.74) is 3.49. The van der Waals surface area contributed by atoms with Gasteiger partial charge in [-0.05, 0) is 50.6 Å². The summed E-state index contributed by atoms with van der Waals surface area (Å²) in [6.45, 7) is 5.47. The minimum Gasteiger partial charge on any atom is -0.455 e. The molecule has 0 bridgehead atoms. The number of rotatable bonds is 4. The Bertz CT molecular complexity index is 1410. The van der Waals surface area contributed by atoms with Crippen molar-refractivity contribution in [3.8, 4) is 17.4 Å². The van der Waals surface area contributed by atoms with Crippen molar-refractivity contribution in [2.45, 2.75) is 26.8 Å². The second-order valence-corrected chi connectivity index (χ2v) is 7.39. The van der Waals surface area contributed by atoms with E-state index in [2.05, 4.69) is 21.4 Å². The molecule has 0 aliphatic heterocycles. The number of pyridine rings is 2. The standard InChI is InChI=1S/C24H19FN4O2/c1-13-7-18(15(3)29-20-5-4-6-28-21(20)10-26)24-19(8-13)22(30)14(2)23(31-24)16-9-17(25)12-27-11-16/h4-9,11-12,15,29H,1-3H3. The number of nitrogens with zero attached hydrogens (tertiary/aromatic N) is 3. The van der Waals surface area contributed by atoms with Gasteiger partial charge in [0.2, 0.25) is 0 Å². The van der Waals surface area contributed by atoms with Crippen molar-refractivity contribution in [1.29, 1.82) is 5.26 Å². The summed E-state index contributed by atoms with van der Waals surface area (Å²) in [4.78, 5) is 21.1. The second-order valence-electron chi connectivity index (χ2n) is 7.39. The van der Waals surface area contributed by atoms with Gasteiger partial charge in [0.1, 0.15) is 23.2 Å². The number of hydrogen-bond acceptors (Lipinski definition) is 6. The molecule has 3 aromatic heterocycles. The molecule has 1 N–H and O–H groups in total. The summed E-state index contributed by atoms with van der Waals surface area (Å²) in [6.07, 6.45) is 4.11. The average Bonchev–Trinajstić information content (AvgIpc) is 2.76. The van der Waals surface area contributed by atoms with Gasteiger partial charge in [0.15, 0.2) is 11.1 Å². The van der Waals surface area contributed by atoms with Gasteiger partial charge in [-0.15, -0.1) is 0 Å². The number of fused-ring (bicyclic) bond motifs is 1. The van der Waals surface area contributed by atoms with Crippen LogP contribution < -0.4 is 10.7 Å². The third-order valence-electron chi connectivity index (χ3n) is 5.11. The summed E-state index contributed by atoms with van der Waals surface area (Å²) in [6, 6.07) is 10.3. The number of benzene rings is 1. The van der Waals surface area contributed by atoms with Crippen molar-refractivity contribution in [2.24, 2.45) is 0 Å². The van der Waals surface area contributed by atoms with E-state index in [1.54, 1.807) is 31.3 Å². The maximum atomic E-state index is 13.7. The Morgan fingerprint density at radius 2 is 2.03 bits per heavy atom. The smallest absolute Gasteiger partial charge is 0.196 e. The van der Waals surface area contributed by atoms with Crippen molar-refractivity contribution in [3.63, 3.8) is 0 Å². The summed E-state index contributed by atoms with van der Waals surface area (Å²) < 4.78 is 19.9.